The minimum absolute atomic E-state index is 0.000729. The van der Waals surface area contributed by atoms with E-state index in [2.05, 4.69) is 30.3 Å². The number of aromatic amines is 1. The number of nitrogens with zero attached hydrogens (tertiary/aromatic N) is 7. The predicted molar refractivity (Wildman–Crippen MR) is 170 cm³/mol. The molecule has 0 atom stereocenters. The quantitative estimate of drug-likeness (QED) is 0.226. The Labute approximate surface area is 273 Å². The molecule has 0 bridgehead atoms. The number of hydrogen-bond donors (Lipinski definition) is 2. The van der Waals surface area contributed by atoms with Crippen LogP contribution in [-0.2, 0) is 32.7 Å². The molecule has 15 heteroatoms. The molecule has 0 aliphatic carbocycles. The molecular formula is C33H33F4N9O2. The second-order valence-corrected chi connectivity index (χ2v) is 12.2. The second-order valence-electron chi connectivity index (χ2n) is 12.2. The molecule has 2 amide bonds. The van der Waals surface area contributed by atoms with E-state index in [1.54, 1.807) is 36.1 Å². The summed E-state index contributed by atoms with van der Waals surface area (Å²) < 4.78 is 64.9. The molecule has 0 spiro atoms. The lowest BCUT2D eigenvalue weighted by Gasteiger charge is -2.32. The number of likely N-dealkylation sites (N-methyl/N-ethyl adjacent to an activating group) is 1. The number of aryl methyl sites for hydroxylation is 1. The molecule has 0 radical (unpaired) electrons. The van der Waals surface area contributed by atoms with Crippen LogP contribution in [-0.4, -0.2) is 85.2 Å². The highest BCUT2D eigenvalue weighted by Gasteiger charge is 2.35. The van der Waals surface area contributed by atoms with Gasteiger partial charge in [-0.1, -0.05) is 6.07 Å². The van der Waals surface area contributed by atoms with E-state index in [-0.39, 0.29) is 30.2 Å². The van der Waals surface area contributed by atoms with E-state index in [9.17, 15) is 18.0 Å². The average molecular weight is 664 g/mol. The van der Waals surface area contributed by atoms with E-state index in [1.165, 1.54) is 11.1 Å². The highest BCUT2D eigenvalue weighted by molar-refractivity contribution is 5.90. The molecule has 6 heterocycles. The van der Waals surface area contributed by atoms with Crippen LogP contribution in [0.15, 0.2) is 55.1 Å². The Kier molecular flexibility index (Phi) is 8.25. The zero-order valence-corrected chi connectivity index (χ0v) is 26.3. The summed E-state index contributed by atoms with van der Waals surface area (Å²) in [5, 5.41) is 7.23. The van der Waals surface area contributed by atoms with Crippen LogP contribution in [0.3, 0.4) is 0 Å². The summed E-state index contributed by atoms with van der Waals surface area (Å²) in [6, 6.07) is 7.50. The van der Waals surface area contributed by atoms with Crippen LogP contribution in [0.1, 0.15) is 22.4 Å². The number of piperazine rings is 1. The molecule has 4 aromatic heterocycles. The first-order chi connectivity index (χ1) is 23.0. The molecule has 0 unspecified atom stereocenters. The van der Waals surface area contributed by atoms with Gasteiger partial charge in [0.05, 0.1) is 46.6 Å². The summed E-state index contributed by atoms with van der Waals surface area (Å²) in [6.45, 7) is 3.47. The number of aromatic nitrogens is 5. The van der Waals surface area contributed by atoms with Crippen LogP contribution in [0.25, 0.3) is 22.3 Å². The Morgan fingerprint density at radius 3 is 2.56 bits per heavy atom. The third-order valence-electron chi connectivity index (χ3n) is 8.77. The maximum atomic E-state index is 15.0. The second kappa shape index (κ2) is 12.5. The summed E-state index contributed by atoms with van der Waals surface area (Å²) >= 11 is 0. The van der Waals surface area contributed by atoms with Crippen LogP contribution in [0.5, 0.6) is 11.5 Å². The number of pyridine rings is 2. The monoisotopic (exact) mass is 663 g/mol. The third-order valence-corrected chi connectivity index (χ3v) is 8.77. The van der Waals surface area contributed by atoms with Crippen molar-refractivity contribution in [1.82, 2.24) is 39.4 Å². The van der Waals surface area contributed by atoms with E-state index in [0.717, 1.165) is 42.0 Å². The van der Waals surface area contributed by atoms with Gasteiger partial charge in [0.25, 0.3) is 0 Å². The molecule has 1 fully saturated rings. The first kappa shape index (κ1) is 31.6. The molecule has 2 N–H and O–H groups in total. The van der Waals surface area contributed by atoms with Crippen molar-refractivity contribution >= 4 is 22.8 Å². The van der Waals surface area contributed by atoms with Gasteiger partial charge in [0.1, 0.15) is 11.4 Å². The van der Waals surface area contributed by atoms with E-state index >= 15 is 4.39 Å². The van der Waals surface area contributed by atoms with Crippen molar-refractivity contribution in [2.45, 2.75) is 25.7 Å². The summed E-state index contributed by atoms with van der Waals surface area (Å²) in [5.41, 5.74) is 2.75. The van der Waals surface area contributed by atoms with Crippen LogP contribution >= 0.6 is 0 Å². The molecular weight excluding hydrogens is 630 g/mol. The van der Waals surface area contributed by atoms with Crippen LogP contribution < -0.4 is 10.1 Å². The van der Waals surface area contributed by atoms with Crippen molar-refractivity contribution in [3.8, 4) is 22.8 Å². The van der Waals surface area contributed by atoms with Gasteiger partial charge < -0.3 is 24.8 Å². The number of H-pyrrole nitrogens is 1. The maximum Gasteiger partial charge on any atom is 0.418 e. The Balaban J connectivity index is 1.06. The van der Waals surface area contributed by atoms with E-state index in [4.69, 9.17) is 4.74 Å². The van der Waals surface area contributed by atoms with Gasteiger partial charge in [-0.15, -0.1) is 0 Å². The summed E-state index contributed by atoms with van der Waals surface area (Å²) in [5.74, 6) is -0.276. The summed E-state index contributed by atoms with van der Waals surface area (Å²) in [4.78, 5) is 30.3. The Morgan fingerprint density at radius 2 is 1.81 bits per heavy atom. The molecule has 5 aromatic rings. The number of benzene rings is 1. The van der Waals surface area contributed by atoms with E-state index in [1.807, 2.05) is 24.2 Å². The Hall–Kier alpha value is -5.02. The largest absolute Gasteiger partial charge is 0.453 e. The topological polar surface area (TPSA) is 107 Å². The smallest absolute Gasteiger partial charge is 0.418 e. The Bertz CT molecular complexity index is 1980. The highest BCUT2D eigenvalue weighted by atomic mass is 19.4. The van der Waals surface area contributed by atoms with Crippen molar-refractivity contribution in [2.75, 3.05) is 45.1 Å². The molecule has 48 heavy (non-hydrogen) atoms. The summed E-state index contributed by atoms with van der Waals surface area (Å²) in [7, 11) is 3.78. The first-order valence-electron chi connectivity index (χ1n) is 15.5. The number of carbonyl (C=O) groups is 1. The van der Waals surface area contributed by atoms with E-state index in [0.29, 0.717) is 48.5 Å². The van der Waals surface area contributed by atoms with Gasteiger partial charge in [-0.25, -0.2) is 14.2 Å². The number of urea groups is 1. The van der Waals surface area contributed by atoms with Gasteiger partial charge >= 0.3 is 12.2 Å². The van der Waals surface area contributed by atoms with Gasteiger partial charge in [0, 0.05) is 64.6 Å². The SMILES string of the molecule is CN1CCN(Cc2ncc(NC(=O)N3CCc4ccc(Oc5c(F)cnc6[nH]c(-c7cnn(C)c7)cc56)cc4C3)cc2C(F)(F)F)CC1. The van der Waals surface area contributed by atoms with E-state index < -0.39 is 23.6 Å². The van der Waals surface area contributed by atoms with Gasteiger partial charge in [-0.3, -0.25) is 14.6 Å². The summed E-state index contributed by atoms with van der Waals surface area (Å²) in [6.07, 6.45) is 1.76. The number of amides is 2. The number of rotatable bonds is 6. The number of ether oxygens (including phenoxy) is 1. The zero-order valence-electron chi connectivity index (χ0n) is 26.3. The van der Waals surface area contributed by atoms with Crippen molar-refractivity contribution in [3.05, 3.63) is 83.3 Å². The van der Waals surface area contributed by atoms with Crippen molar-refractivity contribution in [1.29, 1.82) is 0 Å². The molecule has 1 aromatic carbocycles. The fourth-order valence-electron chi connectivity index (χ4n) is 6.09. The number of alkyl halides is 3. The lowest BCUT2D eigenvalue weighted by Crippen LogP contribution is -2.44. The van der Waals surface area contributed by atoms with Crippen LogP contribution in [0, 0.1) is 5.82 Å². The van der Waals surface area contributed by atoms with Gasteiger partial charge in [-0.2, -0.15) is 18.3 Å². The van der Waals surface area contributed by atoms with Crippen molar-refractivity contribution < 1.29 is 27.1 Å². The minimum Gasteiger partial charge on any atom is -0.453 e. The highest BCUT2D eigenvalue weighted by Crippen LogP contribution is 2.36. The van der Waals surface area contributed by atoms with Gasteiger partial charge in [0.2, 0.25) is 0 Å². The zero-order chi connectivity index (χ0) is 33.6. The first-order valence-corrected chi connectivity index (χ1v) is 15.5. The minimum atomic E-state index is -4.63. The van der Waals surface area contributed by atoms with Crippen LogP contribution in [0.2, 0.25) is 0 Å². The lowest BCUT2D eigenvalue weighted by atomic mass is 9.99. The molecule has 2 aliphatic rings. The molecule has 0 saturated carbocycles. The lowest BCUT2D eigenvalue weighted by molar-refractivity contribution is -0.138. The molecule has 1 saturated heterocycles. The normalized spacial score (nSPS) is 15.9. The fourth-order valence-corrected chi connectivity index (χ4v) is 6.09. The number of carbonyl (C=O) groups excluding carboxylic acids is 1. The molecule has 2 aliphatic heterocycles. The number of fused-ring (bicyclic) bond motifs is 2. The Morgan fingerprint density at radius 1 is 1.00 bits per heavy atom. The molecule has 7 rings (SSSR count). The van der Waals surface area contributed by atoms with Crippen LogP contribution in [0.4, 0.5) is 28.0 Å². The standard InChI is InChI=1S/C33H33F4N9O2/c1-43-7-9-45(10-8-43)19-29-26(33(35,36)37)12-23(15-38-29)41-32(47)46-6-5-20-3-4-24(11-21(20)18-46)48-30-25-13-28(22-14-40-44(2)17-22)42-31(25)39-16-27(30)34/h3-4,11-17H,5-10,18-19H2,1-2H3,(H,39,42)(H,41,47). The average Bonchev–Trinajstić information content (AvgIpc) is 3.70. The number of hydrogen-bond acceptors (Lipinski definition) is 7. The van der Waals surface area contributed by atoms with Crippen molar-refractivity contribution in [2.24, 2.45) is 7.05 Å². The fraction of sp³-hybridized carbons (Fsp3) is 0.333. The third kappa shape index (κ3) is 6.55. The molecule has 250 valence electrons. The molecule has 11 nitrogen and oxygen atoms in total. The predicted octanol–water partition coefficient (Wildman–Crippen LogP) is 5.65. The van der Waals surface area contributed by atoms with Crippen molar-refractivity contribution in [3.63, 3.8) is 0 Å². The van der Waals surface area contributed by atoms with Gasteiger partial charge in [0.15, 0.2) is 11.6 Å². The number of halogens is 4. The number of nitrogens with one attached hydrogen (secondary N) is 2. The van der Waals surface area contributed by atoms with Gasteiger partial charge in [-0.05, 0) is 48.9 Å². The maximum absolute atomic E-state index is 15.0. The number of anilines is 1.